The van der Waals surface area contributed by atoms with Crippen LogP contribution in [0, 0.1) is 0 Å². The molecule has 0 saturated heterocycles. The van der Waals surface area contributed by atoms with E-state index in [1.807, 2.05) is 0 Å². The lowest BCUT2D eigenvalue weighted by molar-refractivity contribution is 0.165. The molecule has 0 heterocycles. The fourth-order valence-corrected chi connectivity index (χ4v) is 2.74. The molecule has 0 atom stereocenters. The molecule has 1 fully saturated rings. The van der Waals surface area contributed by atoms with Crippen molar-refractivity contribution in [3.8, 4) is 0 Å². The molecule has 1 nitrogen and oxygen atoms in total. The van der Waals surface area contributed by atoms with Gasteiger partial charge < -0.3 is 5.32 Å². The quantitative estimate of drug-likeness (QED) is 0.533. The van der Waals surface area contributed by atoms with Gasteiger partial charge in [-0.05, 0) is 38.6 Å². The summed E-state index contributed by atoms with van der Waals surface area (Å²) in [5, 5.41) is 3.85. The molecule has 0 aromatic heterocycles. The highest BCUT2D eigenvalue weighted by molar-refractivity contribution is 4.95. The van der Waals surface area contributed by atoms with Crippen LogP contribution in [0.3, 0.4) is 0 Å². The van der Waals surface area contributed by atoms with Crippen molar-refractivity contribution in [1.29, 1.82) is 0 Å². The maximum absolute atomic E-state index is 3.85. The van der Waals surface area contributed by atoms with Gasteiger partial charge in [0.05, 0.1) is 0 Å². The van der Waals surface area contributed by atoms with Crippen LogP contribution in [0.2, 0.25) is 0 Å². The van der Waals surface area contributed by atoms with Gasteiger partial charge in [0.2, 0.25) is 0 Å². The van der Waals surface area contributed by atoms with E-state index in [1.165, 1.54) is 77.2 Å². The van der Waals surface area contributed by atoms with Crippen molar-refractivity contribution in [2.45, 2.75) is 90.0 Å². The largest absolute Gasteiger partial charge is 0.311 e. The Morgan fingerprint density at radius 2 is 1.56 bits per heavy atom. The van der Waals surface area contributed by atoms with Crippen LogP contribution >= 0.6 is 0 Å². The molecule has 96 valence electrons. The van der Waals surface area contributed by atoms with Crippen LogP contribution < -0.4 is 5.32 Å². The standard InChI is InChI=1S/C15H31N/c1-3-5-7-9-14-16-15(12-10-13-15)11-8-6-4-2/h16H,3-14H2,1-2H3. The summed E-state index contributed by atoms with van der Waals surface area (Å²) in [7, 11) is 0. The molecule has 0 bridgehead atoms. The topological polar surface area (TPSA) is 12.0 Å². The van der Waals surface area contributed by atoms with Crippen LogP contribution in [0.15, 0.2) is 0 Å². The predicted molar refractivity (Wildman–Crippen MR) is 72.9 cm³/mol. The third-order valence-electron chi connectivity index (χ3n) is 4.10. The zero-order chi connectivity index (χ0) is 11.7. The van der Waals surface area contributed by atoms with E-state index >= 15 is 0 Å². The molecule has 0 aromatic rings. The molecule has 0 radical (unpaired) electrons. The molecule has 1 aliphatic carbocycles. The van der Waals surface area contributed by atoms with Gasteiger partial charge >= 0.3 is 0 Å². The van der Waals surface area contributed by atoms with Gasteiger partial charge in [-0.3, -0.25) is 0 Å². The van der Waals surface area contributed by atoms with Gasteiger partial charge in [0.25, 0.3) is 0 Å². The smallest absolute Gasteiger partial charge is 0.0181 e. The second-order valence-corrected chi connectivity index (χ2v) is 5.58. The van der Waals surface area contributed by atoms with Crippen LogP contribution in [0.5, 0.6) is 0 Å². The summed E-state index contributed by atoms with van der Waals surface area (Å²) in [6.45, 7) is 5.84. The Labute approximate surface area is 102 Å². The highest BCUT2D eigenvalue weighted by atomic mass is 15.0. The Morgan fingerprint density at radius 1 is 0.875 bits per heavy atom. The minimum absolute atomic E-state index is 0.571. The Bertz CT molecular complexity index is 161. The summed E-state index contributed by atoms with van der Waals surface area (Å²) in [4.78, 5) is 0. The molecule has 1 saturated carbocycles. The molecular formula is C15H31N. The number of hydrogen-bond donors (Lipinski definition) is 1. The number of rotatable bonds is 10. The van der Waals surface area contributed by atoms with Gasteiger partial charge in [0, 0.05) is 5.54 Å². The summed E-state index contributed by atoms with van der Waals surface area (Å²) in [6, 6.07) is 0. The van der Waals surface area contributed by atoms with Crippen molar-refractivity contribution in [2.24, 2.45) is 0 Å². The Hall–Kier alpha value is -0.0400. The van der Waals surface area contributed by atoms with E-state index < -0.39 is 0 Å². The van der Waals surface area contributed by atoms with Crippen LogP contribution in [-0.2, 0) is 0 Å². The molecule has 1 rings (SSSR count). The average molecular weight is 225 g/mol. The molecule has 1 aliphatic rings. The van der Waals surface area contributed by atoms with E-state index in [1.54, 1.807) is 0 Å². The third-order valence-corrected chi connectivity index (χ3v) is 4.10. The zero-order valence-corrected chi connectivity index (χ0v) is 11.5. The first kappa shape index (κ1) is 14.0. The maximum atomic E-state index is 3.85. The number of hydrogen-bond acceptors (Lipinski definition) is 1. The number of nitrogens with one attached hydrogen (secondary N) is 1. The highest BCUT2D eigenvalue weighted by Gasteiger charge is 2.35. The summed E-state index contributed by atoms with van der Waals surface area (Å²) in [5.74, 6) is 0. The van der Waals surface area contributed by atoms with Crippen molar-refractivity contribution in [3.63, 3.8) is 0 Å². The lowest BCUT2D eigenvalue weighted by atomic mass is 9.73. The van der Waals surface area contributed by atoms with Crippen LogP contribution in [0.4, 0.5) is 0 Å². The summed E-state index contributed by atoms with van der Waals surface area (Å²) in [5.41, 5.74) is 0.571. The molecule has 0 aromatic carbocycles. The van der Waals surface area contributed by atoms with Gasteiger partial charge in [-0.2, -0.15) is 0 Å². The molecule has 16 heavy (non-hydrogen) atoms. The van der Waals surface area contributed by atoms with Crippen molar-refractivity contribution < 1.29 is 0 Å². The van der Waals surface area contributed by atoms with E-state index in [4.69, 9.17) is 0 Å². The monoisotopic (exact) mass is 225 g/mol. The molecule has 0 aliphatic heterocycles. The Morgan fingerprint density at radius 3 is 2.12 bits per heavy atom. The van der Waals surface area contributed by atoms with Crippen molar-refractivity contribution >= 4 is 0 Å². The van der Waals surface area contributed by atoms with Gasteiger partial charge in [-0.15, -0.1) is 0 Å². The van der Waals surface area contributed by atoms with Gasteiger partial charge in [-0.1, -0.05) is 52.4 Å². The second-order valence-electron chi connectivity index (χ2n) is 5.58. The molecular weight excluding hydrogens is 194 g/mol. The lowest BCUT2D eigenvalue weighted by Crippen LogP contribution is -2.51. The molecule has 1 heteroatoms. The number of unbranched alkanes of at least 4 members (excludes halogenated alkanes) is 5. The Balaban J connectivity index is 2.05. The van der Waals surface area contributed by atoms with Crippen molar-refractivity contribution in [1.82, 2.24) is 5.32 Å². The van der Waals surface area contributed by atoms with E-state index in [0.29, 0.717) is 5.54 Å². The van der Waals surface area contributed by atoms with Crippen LogP contribution in [0.1, 0.15) is 84.5 Å². The summed E-state index contributed by atoms with van der Waals surface area (Å²) >= 11 is 0. The molecule has 0 unspecified atom stereocenters. The van der Waals surface area contributed by atoms with Crippen molar-refractivity contribution in [3.05, 3.63) is 0 Å². The van der Waals surface area contributed by atoms with Crippen LogP contribution in [-0.4, -0.2) is 12.1 Å². The average Bonchev–Trinajstić information content (AvgIpc) is 2.24. The van der Waals surface area contributed by atoms with E-state index in [9.17, 15) is 0 Å². The van der Waals surface area contributed by atoms with E-state index in [0.717, 1.165) is 0 Å². The van der Waals surface area contributed by atoms with Crippen molar-refractivity contribution in [2.75, 3.05) is 6.54 Å². The van der Waals surface area contributed by atoms with Gasteiger partial charge in [-0.25, -0.2) is 0 Å². The fourth-order valence-electron chi connectivity index (χ4n) is 2.74. The third kappa shape index (κ3) is 4.86. The van der Waals surface area contributed by atoms with Gasteiger partial charge in [0.15, 0.2) is 0 Å². The molecule has 0 amide bonds. The minimum atomic E-state index is 0.571. The zero-order valence-electron chi connectivity index (χ0n) is 11.5. The van der Waals surface area contributed by atoms with E-state index in [2.05, 4.69) is 19.2 Å². The summed E-state index contributed by atoms with van der Waals surface area (Å²) in [6.07, 6.45) is 15.5. The minimum Gasteiger partial charge on any atom is -0.311 e. The fraction of sp³-hybridized carbons (Fsp3) is 1.00. The first-order valence-corrected chi connectivity index (χ1v) is 7.58. The SMILES string of the molecule is CCCCCCNC1(CCCCC)CCC1. The lowest BCUT2D eigenvalue weighted by Gasteiger charge is -2.43. The van der Waals surface area contributed by atoms with Crippen LogP contribution in [0.25, 0.3) is 0 Å². The second kappa shape index (κ2) is 8.11. The first-order valence-electron chi connectivity index (χ1n) is 7.58. The van der Waals surface area contributed by atoms with Gasteiger partial charge in [0.1, 0.15) is 0 Å². The maximum Gasteiger partial charge on any atom is 0.0181 e. The molecule has 0 spiro atoms. The van der Waals surface area contributed by atoms with E-state index in [-0.39, 0.29) is 0 Å². The highest BCUT2D eigenvalue weighted by Crippen LogP contribution is 2.36. The Kier molecular flexibility index (Phi) is 7.11. The normalized spacial score (nSPS) is 18.4. The summed E-state index contributed by atoms with van der Waals surface area (Å²) < 4.78 is 0. The molecule has 1 N–H and O–H groups in total. The first-order chi connectivity index (χ1) is 7.83. The predicted octanol–water partition coefficient (Wildman–Crippen LogP) is 4.66.